The van der Waals surface area contributed by atoms with E-state index in [0.717, 1.165) is 5.57 Å². The van der Waals surface area contributed by atoms with Crippen LogP contribution in [-0.2, 0) is 14.0 Å². The minimum absolute atomic E-state index is 0.103. The third kappa shape index (κ3) is 4.60. The third-order valence-corrected chi connectivity index (χ3v) is 10.4. The van der Waals surface area contributed by atoms with Crippen LogP contribution < -0.4 is 10.4 Å². The maximum atomic E-state index is 12.0. The van der Waals surface area contributed by atoms with Crippen molar-refractivity contribution in [1.82, 2.24) is 0 Å². The smallest absolute Gasteiger partial charge is 0.331 e. The van der Waals surface area contributed by atoms with Gasteiger partial charge in [-0.2, -0.15) is 0 Å². The van der Waals surface area contributed by atoms with E-state index in [1.165, 1.54) is 10.4 Å². The van der Waals surface area contributed by atoms with Crippen molar-refractivity contribution >= 4 is 24.7 Å². The van der Waals surface area contributed by atoms with Gasteiger partial charge in [0.05, 0.1) is 6.61 Å². The minimum Gasteiger partial charge on any atom is -0.456 e. The van der Waals surface area contributed by atoms with E-state index in [1.54, 1.807) is 6.08 Å². The number of esters is 1. The molecule has 0 aromatic heterocycles. The number of hydrogen-bond donors (Lipinski definition) is 0. The fourth-order valence-electron chi connectivity index (χ4n) is 4.16. The average molecular weight is 407 g/mol. The van der Waals surface area contributed by atoms with Crippen molar-refractivity contribution in [2.75, 3.05) is 6.61 Å². The van der Waals surface area contributed by atoms with Crippen LogP contribution in [0, 0.1) is 0 Å². The molecular formula is C25H30O3Si. The van der Waals surface area contributed by atoms with Gasteiger partial charge in [0.15, 0.2) is 0 Å². The van der Waals surface area contributed by atoms with Gasteiger partial charge in [0, 0.05) is 12.5 Å². The summed E-state index contributed by atoms with van der Waals surface area (Å²) < 4.78 is 12.5. The van der Waals surface area contributed by atoms with Crippen LogP contribution >= 0.6 is 0 Å². The lowest BCUT2D eigenvalue weighted by Gasteiger charge is -2.43. The van der Waals surface area contributed by atoms with Crippen LogP contribution in [-0.4, -0.2) is 27.0 Å². The number of cyclic esters (lactones) is 1. The quantitative estimate of drug-likeness (QED) is 0.389. The van der Waals surface area contributed by atoms with Gasteiger partial charge in [-0.05, 0) is 21.8 Å². The Kier molecular flexibility index (Phi) is 6.55. The Morgan fingerprint density at radius 1 is 1.07 bits per heavy atom. The van der Waals surface area contributed by atoms with Crippen molar-refractivity contribution in [3.8, 4) is 0 Å². The van der Waals surface area contributed by atoms with Gasteiger partial charge in [-0.1, -0.05) is 93.1 Å². The van der Waals surface area contributed by atoms with Crippen LogP contribution in [0.25, 0.3) is 0 Å². The number of allylic oxidation sites excluding steroid dienone is 1. The van der Waals surface area contributed by atoms with E-state index >= 15 is 0 Å². The molecule has 3 rings (SSSR count). The SMILES string of the molecule is C=CCC1=CC(=O)O[C@@H](CO[Si](c2ccccc2)(c2ccccc2)C(C)(C)C)C1. The van der Waals surface area contributed by atoms with Crippen LogP contribution in [0.15, 0.2) is 85.0 Å². The van der Waals surface area contributed by atoms with Crippen LogP contribution in [0.5, 0.6) is 0 Å². The van der Waals surface area contributed by atoms with Crippen molar-refractivity contribution < 1.29 is 14.0 Å². The average Bonchev–Trinajstić information content (AvgIpc) is 2.69. The standard InChI is InChI=1S/C25H30O3Si/c1-5-12-20-17-21(28-24(26)18-20)19-27-29(25(2,3)4,22-13-8-6-9-14-22)23-15-10-7-11-16-23/h5-11,13-16,18,21H,1,12,17,19H2,2-4H3/t21-/m1/s1. The highest BCUT2D eigenvalue weighted by Crippen LogP contribution is 2.37. The molecule has 0 saturated heterocycles. The first-order valence-electron chi connectivity index (χ1n) is 10.1. The van der Waals surface area contributed by atoms with Crippen molar-refractivity contribution in [1.29, 1.82) is 0 Å². The molecular weight excluding hydrogens is 376 g/mol. The second-order valence-corrected chi connectivity index (χ2v) is 12.8. The molecule has 0 aliphatic carbocycles. The first-order valence-corrected chi connectivity index (χ1v) is 12.0. The second kappa shape index (κ2) is 8.93. The molecule has 152 valence electrons. The number of rotatable bonds is 7. The van der Waals surface area contributed by atoms with Gasteiger partial charge in [0.1, 0.15) is 6.10 Å². The van der Waals surface area contributed by atoms with Crippen LogP contribution in [0.3, 0.4) is 0 Å². The first kappa shape index (κ1) is 21.3. The molecule has 0 saturated carbocycles. The fraction of sp³-hybridized carbons (Fsp3) is 0.320. The lowest BCUT2D eigenvalue weighted by Crippen LogP contribution is -2.67. The summed E-state index contributed by atoms with van der Waals surface area (Å²) in [5, 5.41) is 2.35. The molecule has 2 aromatic carbocycles. The van der Waals surface area contributed by atoms with Crippen molar-refractivity contribution in [3.63, 3.8) is 0 Å². The summed E-state index contributed by atoms with van der Waals surface area (Å²) in [4.78, 5) is 12.0. The van der Waals surface area contributed by atoms with Gasteiger partial charge in [0.2, 0.25) is 0 Å². The molecule has 0 amide bonds. The van der Waals surface area contributed by atoms with E-state index < -0.39 is 8.32 Å². The lowest BCUT2D eigenvalue weighted by molar-refractivity contribution is -0.146. The van der Waals surface area contributed by atoms with Crippen LogP contribution in [0.4, 0.5) is 0 Å². The van der Waals surface area contributed by atoms with Crippen LogP contribution in [0.1, 0.15) is 33.6 Å². The van der Waals surface area contributed by atoms with E-state index in [0.29, 0.717) is 19.4 Å². The van der Waals surface area contributed by atoms with Gasteiger partial charge in [0.25, 0.3) is 8.32 Å². The Balaban J connectivity index is 1.97. The van der Waals surface area contributed by atoms with Gasteiger partial charge in [-0.25, -0.2) is 4.79 Å². The maximum Gasteiger partial charge on any atom is 0.331 e. The molecule has 0 radical (unpaired) electrons. The summed E-state index contributed by atoms with van der Waals surface area (Å²) >= 11 is 0. The summed E-state index contributed by atoms with van der Waals surface area (Å²) in [5.74, 6) is -0.288. The zero-order valence-corrected chi connectivity index (χ0v) is 18.6. The highest BCUT2D eigenvalue weighted by atomic mass is 28.4. The summed E-state index contributed by atoms with van der Waals surface area (Å²) in [6.45, 7) is 10.9. The Morgan fingerprint density at radius 2 is 1.62 bits per heavy atom. The van der Waals surface area contributed by atoms with E-state index in [2.05, 4.69) is 75.9 Å². The molecule has 0 N–H and O–H groups in total. The Labute approximate surface area is 175 Å². The van der Waals surface area contributed by atoms with Gasteiger partial charge in [-0.15, -0.1) is 6.58 Å². The summed E-state index contributed by atoms with van der Waals surface area (Å²) in [5.41, 5.74) is 1.05. The number of hydrogen-bond acceptors (Lipinski definition) is 3. The third-order valence-electron chi connectivity index (χ3n) is 5.40. The molecule has 0 bridgehead atoms. The lowest BCUT2D eigenvalue weighted by atomic mass is 10.0. The summed E-state index contributed by atoms with van der Waals surface area (Å²) in [6, 6.07) is 21.0. The molecule has 29 heavy (non-hydrogen) atoms. The van der Waals surface area contributed by atoms with Gasteiger partial charge < -0.3 is 9.16 Å². The molecule has 0 unspecified atom stereocenters. The maximum absolute atomic E-state index is 12.0. The predicted octanol–water partition coefficient (Wildman–Crippen LogP) is 4.38. The molecule has 1 atom stereocenters. The molecule has 3 nitrogen and oxygen atoms in total. The number of carbonyl (C=O) groups is 1. The Bertz CT molecular complexity index is 826. The molecule has 1 heterocycles. The fourth-order valence-corrected chi connectivity index (χ4v) is 8.75. The van der Waals surface area contributed by atoms with E-state index in [9.17, 15) is 4.79 Å². The molecule has 1 aliphatic heterocycles. The molecule has 0 fully saturated rings. The molecule has 2 aromatic rings. The second-order valence-electron chi connectivity index (χ2n) is 8.53. The zero-order chi connectivity index (χ0) is 20.9. The van der Waals surface area contributed by atoms with E-state index in [-0.39, 0.29) is 17.1 Å². The Hall–Kier alpha value is -2.43. The van der Waals surface area contributed by atoms with Crippen molar-refractivity contribution in [2.45, 2.75) is 44.8 Å². The van der Waals surface area contributed by atoms with E-state index in [4.69, 9.17) is 9.16 Å². The Morgan fingerprint density at radius 3 is 2.10 bits per heavy atom. The molecule has 0 spiro atoms. The van der Waals surface area contributed by atoms with E-state index in [1.807, 2.05) is 18.2 Å². The monoisotopic (exact) mass is 406 g/mol. The number of benzene rings is 2. The number of ether oxygens (including phenoxy) is 1. The highest BCUT2D eigenvalue weighted by Gasteiger charge is 2.50. The zero-order valence-electron chi connectivity index (χ0n) is 17.6. The van der Waals surface area contributed by atoms with Crippen molar-refractivity contribution in [3.05, 3.63) is 85.0 Å². The normalized spacial score (nSPS) is 17.4. The number of carbonyl (C=O) groups excluding carboxylic acids is 1. The minimum atomic E-state index is -2.63. The largest absolute Gasteiger partial charge is 0.456 e. The summed E-state index contributed by atoms with van der Waals surface area (Å²) in [6.07, 6.45) is 4.52. The van der Waals surface area contributed by atoms with Gasteiger partial charge >= 0.3 is 5.97 Å². The van der Waals surface area contributed by atoms with Crippen LogP contribution in [0.2, 0.25) is 5.04 Å². The van der Waals surface area contributed by atoms with Gasteiger partial charge in [-0.3, -0.25) is 0 Å². The molecule has 4 heteroatoms. The first-order chi connectivity index (χ1) is 13.9. The summed E-state index contributed by atoms with van der Waals surface area (Å²) in [7, 11) is -2.63. The topological polar surface area (TPSA) is 35.5 Å². The highest BCUT2D eigenvalue weighted by molar-refractivity contribution is 6.99. The predicted molar refractivity (Wildman–Crippen MR) is 121 cm³/mol. The molecule has 1 aliphatic rings. The van der Waals surface area contributed by atoms with Crippen molar-refractivity contribution in [2.24, 2.45) is 0 Å².